The van der Waals surface area contributed by atoms with E-state index in [1.165, 1.54) is 38.5 Å². The summed E-state index contributed by atoms with van der Waals surface area (Å²) < 4.78 is 0. The van der Waals surface area contributed by atoms with E-state index < -0.39 is 0 Å². The van der Waals surface area contributed by atoms with E-state index in [1.807, 2.05) is 12.1 Å². The van der Waals surface area contributed by atoms with E-state index in [4.69, 9.17) is 11.6 Å². The van der Waals surface area contributed by atoms with E-state index in [0.717, 1.165) is 28.7 Å². The molecule has 3 rings (SSSR count). The van der Waals surface area contributed by atoms with Gasteiger partial charge in [0, 0.05) is 12.6 Å². The zero-order chi connectivity index (χ0) is 13.2. The maximum absolute atomic E-state index is 9.18. The minimum absolute atomic E-state index is 0.0616. The van der Waals surface area contributed by atoms with Crippen LogP contribution < -0.4 is 4.90 Å². The van der Waals surface area contributed by atoms with Crippen LogP contribution in [0, 0.1) is 5.92 Å². The summed E-state index contributed by atoms with van der Waals surface area (Å²) in [7, 11) is 0. The molecule has 2 fully saturated rings. The van der Waals surface area contributed by atoms with Crippen molar-refractivity contribution in [1.29, 1.82) is 0 Å². The van der Waals surface area contributed by atoms with Gasteiger partial charge in [0.25, 0.3) is 0 Å². The summed E-state index contributed by atoms with van der Waals surface area (Å²) >= 11 is 6.42. The first-order valence-electron chi connectivity index (χ1n) is 7.45. The monoisotopic (exact) mass is 279 g/mol. The predicted molar refractivity (Wildman–Crippen MR) is 79.7 cm³/mol. The Morgan fingerprint density at radius 3 is 2.74 bits per heavy atom. The molecule has 2 aliphatic rings. The smallest absolute Gasteiger partial charge is 0.0682 e. The first-order valence-corrected chi connectivity index (χ1v) is 7.83. The predicted octanol–water partition coefficient (Wildman–Crippen LogP) is 3.99. The van der Waals surface area contributed by atoms with E-state index in [1.54, 1.807) is 0 Å². The van der Waals surface area contributed by atoms with Gasteiger partial charge in [-0.05, 0) is 49.3 Å². The molecule has 1 heterocycles. The number of aliphatic hydroxyl groups is 1. The van der Waals surface area contributed by atoms with Crippen LogP contribution in [-0.2, 0) is 6.61 Å². The number of benzene rings is 1. The van der Waals surface area contributed by atoms with Crippen molar-refractivity contribution >= 4 is 17.3 Å². The second-order valence-electron chi connectivity index (χ2n) is 5.89. The SMILES string of the molecule is OCc1ccc(N2CCCC3CCCCC32)c(Cl)c1. The third-order valence-corrected chi connectivity index (χ3v) is 5.05. The number of piperidine rings is 1. The summed E-state index contributed by atoms with van der Waals surface area (Å²) in [6.45, 7) is 1.19. The lowest BCUT2D eigenvalue weighted by Crippen LogP contribution is -2.47. The standard InChI is InChI=1S/C16H22ClNO/c17-14-10-12(11-19)7-8-16(14)18-9-3-5-13-4-1-2-6-15(13)18/h7-8,10,13,15,19H,1-6,9,11H2. The van der Waals surface area contributed by atoms with Gasteiger partial charge in [0.1, 0.15) is 0 Å². The average molecular weight is 280 g/mol. The van der Waals surface area contributed by atoms with Gasteiger partial charge in [0.2, 0.25) is 0 Å². The number of hydrogen-bond donors (Lipinski definition) is 1. The Kier molecular flexibility index (Phi) is 3.99. The van der Waals surface area contributed by atoms with E-state index in [0.29, 0.717) is 6.04 Å². The molecule has 0 amide bonds. The van der Waals surface area contributed by atoms with Crippen molar-refractivity contribution in [3.8, 4) is 0 Å². The van der Waals surface area contributed by atoms with Gasteiger partial charge in [-0.25, -0.2) is 0 Å². The van der Waals surface area contributed by atoms with E-state index in [2.05, 4.69) is 11.0 Å². The zero-order valence-electron chi connectivity index (χ0n) is 11.3. The van der Waals surface area contributed by atoms with Gasteiger partial charge in [-0.2, -0.15) is 0 Å². The molecule has 2 nitrogen and oxygen atoms in total. The third kappa shape index (κ3) is 2.61. The molecule has 2 atom stereocenters. The quantitative estimate of drug-likeness (QED) is 0.885. The Bertz CT molecular complexity index is 446. The van der Waals surface area contributed by atoms with Crippen molar-refractivity contribution in [2.24, 2.45) is 5.92 Å². The molecule has 19 heavy (non-hydrogen) atoms. The van der Waals surface area contributed by atoms with Crippen LogP contribution in [0.25, 0.3) is 0 Å². The maximum atomic E-state index is 9.18. The van der Waals surface area contributed by atoms with Crippen molar-refractivity contribution in [3.05, 3.63) is 28.8 Å². The first kappa shape index (κ1) is 13.3. The molecule has 3 heteroatoms. The maximum Gasteiger partial charge on any atom is 0.0682 e. The molecule has 1 aromatic carbocycles. The summed E-state index contributed by atoms with van der Waals surface area (Å²) in [6, 6.07) is 6.67. The number of anilines is 1. The van der Waals surface area contributed by atoms with Crippen LogP contribution >= 0.6 is 11.6 Å². The third-order valence-electron chi connectivity index (χ3n) is 4.75. The van der Waals surface area contributed by atoms with Crippen molar-refractivity contribution in [1.82, 2.24) is 0 Å². The highest BCUT2D eigenvalue weighted by Crippen LogP contribution is 2.40. The topological polar surface area (TPSA) is 23.5 Å². The molecule has 1 saturated heterocycles. The van der Waals surface area contributed by atoms with Crippen LogP contribution in [0.4, 0.5) is 5.69 Å². The van der Waals surface area contributed by atoms with Gasteiger partial charge in [0.15, 0.2) is 0 Å². The fraction of sp³-hybridized carbons (Fsp3) is 0.625. The minimum Gasteiger partial charge on any atom is -0.392 e. The lowest BCUT2D eigenvalue weighted by molar-refractivity contribution is 0.244. The van der Waals surface area contributed by atoms with Gasteiger partial charge < -0.3 is 10.0 Å². The van der Waals surface area contributed by atoms with Crippen LogP contribution in [0.1, 0.15) is 44.1 Å². The summed E-state index contributed by atoms with van der Waals surface area (Å²) in [5.74, 6) is 0.857. The summed E-state index contributed by atoms with van der Waals surface area (Å²) in [5, 5.41) is 9.97. The summed E-state index contributed by atoms with van der Waals surface area (Å²) in [5.41, 5.74) is 2.06. The molecular formula is C16H22ClNO. The van der Waals surface area contributed by atoms with Gasteiger partial charge in [-0.15, -0.1) is 0 Å². The number of hydrogen-bond acceptors (Lipinski definition) is 2. The molecule has 104 valence electrons. The van der Waals surface area contributed by atoms with Crippen LogP contribution in [0.15, 0.2) is 18.2 Å². The van der Waals surface area contributed by atoms with Crippen LogP contribution in [0.3, 0.4) is 0 Å². The van der Waals surface area contributed by atoms with E-state index in [-0.39, 0.29) is 6.61 Å². The molecule has 0 spiro atoms. The van der Waals surface area contributed by atoms with Gasteiger partial charge in [0.05, 0.1) is 17.3 Å². The molecule has 1 aromatic rings. The highest BCUT2D eigenvalue weighted by molar-refractivity contribution is 6.33. The Morgan fingerprint density at radius 1 is 1.16 bits per heavy atom. The van der Waals surface area contributed by atoms with Crippen LogP contribution in [0.5, 0.6) is 0 Å². The van der Waals surface area contributed by atoms with Crippen LogP contribution in [0.2, 0.25) is 5.02 Å². The fourth-order valence-corrected chi connectivity index (χ4v) is 4.12. The minimum atomic E-state index is 0.0616. The number of nitrogens with zero attached hydrogens (tertiary/aromatic N) is 1. The molecule has 1 N–H and O–H groups in total. The van der Waals surface area contributed by atoms with Crippen LogP contribution in [-0.4, -0.2) is 17.7 Å². The number of halogens is 1. The Labute approximate surface area is 120 Å². The van der Waals surface area contributed by atoms with Crippen molar-refractivity contribution in [2.45, 2.75) is 51.2 Å². The summed E-state index contributed by atoms with van der Waals surface area (Å²) in [4.78, 5) is 2.52. The van der Waals surface area contributed by atoms with Gasteiger partial charge in [-0.1, -0.05) is 30.5 Å². The average Bonchev–Trinajstić information content (AvgIpc) is 2.46. The molecule has 0 aromatic heterocycles. The second kappa shape index (κ2) is 5.72. The molecule has 1 aliphatic carbocycles. The highest BCUT2D eigenvalue weighted by Gasteiger charge is 2.33. The normalized spacial score (nSPS) is 27.2. The van der Waals surface area contributed by atoms with Crippen molar-refractivity contribution < 1.29 is 5.11 Å². The highest BCUT2D eigenvalue weighted by atomic mass is 35.5. The van der Waals surface area contributed by atoms with E-state index >= 15 is 0 Å². The number of rotatable bonds is 2. The van der Waals surface area contributed by atoms with Gasteiger partial charge in [-0.3, -0.25) is 0 Å². The lowest BCUT2D eigenvalue weighted by atomic mass is 9.78. The molecule has 0 bridgehead atoms. The lowest BCUT2D eigenvalue weighted by Gasteiger charge is -2.45. The molecule has 0 radical (unpaired) electrons. The number of aliphatic hydroxyl groups excluding tert-OH is 1. The molecule has 1 saturated carbocycles. The number of fused-ring (bicyclic) bond motifs is 1. The second-order valence-corrected chi connectivity index (χ2v) is 6.30. The summed E-state index contributed by atoms with van der Waals surface area (Å²) in [6.07, 6.45) is 8.10. The Balaban J connectivity index is 1.87. The molecular weight excluding hydrogens is 258 g/mol. The zero-order valence-corrected chi connectivity index (χ0v) is 12.1. The van der Waals surface area contributed by atoms with E-state index in [9.17, 15) is 5.11 Å². The molecule has 2 unspecified atom stereocenters. The molecule has 1 aliphatic heterocycles. The Morgan fingerprint density at radius 2 is 1.95 bits per heavy atom. The first-order chi connectivity index (χ1) is 9.29. The van der Waals surface area contributed by atoms with Crippen molar-refractivity contribution in [2.75, 3.05) is 11.4 Å². The largest absolute Gasteiger partial charge is 0.392 e. The fourth-order valence-electron chi connectivity index (χ4n) is 3.81. The van der Waals surface area contributed by atoms with Gasteiger partial charge >= 0.3 is 0 Å². The van der Waals surface area contributed by atoms with Crippen molar-refractivity contribution in [3.63, 3.8) is 0 Å². The Hall–Kier alpha value is -0.730.